The van der Waals surface area contributed by atoms with Crippen LogP contribution in [-0.2, 0) is 6.54 Å². The van der Waals surface area contributed by atoms with E-state index in [0.29, 0.717) is 42.3 Å². The highest BCUT2D eigenvalue weighted by Crippen LogP contribution is 2.32. The van der Waals surface area contributed by atoms with Crippen molar-refractivity contribution in [1.82, 2.24) is 19.5 Å². The lowest BCUT2D eigenvalue weighted by Gasteiger charge is -2.23. The van der Waals surface area contributed by atoms with Gasteiger partial charge in [-0.2, -0.15) is 9.97 Å². The maximum absolute atomic E-state index is 10.1. The highest BCUT2D eigenvalue weighted by Gasteiger charge is 2.22. The lowest BCUT2D eigenvalue weighted by Crippen LogP contribution is -2.30. The Kier molecular flexibility index (Phi) is 6.36. The topological polar surface area (TPSA) is 123 Å². The van der Waals surface area contributed by atoms with Gasteiger partial charge >= 0.3 is 0 Å². The number of fused-ring (bicyclic) bond motifs is 1. The van der Waals surface area contributed by atoms with Crippen molar-refractivity contribution in [3.63, 3.8) is 0 Å². The van der Waals surface area contributed by atoms with Crippen LogP contribution in [0, 0.1) is 0 Å². The van der Waals surface area contributed by atoms with Gasteiger partial charge in [0.2, 0.25) is 5.95 Å². The van der Waals surface area contributed by atoms with Gasteiger partial charge in [-0.05, 0) is 38.3 Å². The zero-order chi connectivity index (χ0) is 22.7. The quantitative estimate of drug-likeness (QED) is 0.392. The average Bonchev–Trinajstić information content (AvgIpc) is 3.21. The molecular formula is C23H33N7O2. The summed E-state index contributed by atoms with van der Waals surface area (Å²) in [5.74, 6) is 1.73. The average molecular weight is 440 g/mol. The van der Waals surface area contributed by atoms with Gasteiger partial charge in [0.15, 0.2) is 17.0 Å². The molecule has 0 amide bonds. The zero-order valence-corrected chi connectivity index (χ0v) is 19.1. The molecule has 4 rings (SSSR count). The lowest BCUT2D eigenvalue weighted by molar-refractivity contribution is 0.0943. The van der Waals surface area contributed by atoms with Crippen LogP contribution in [0.3, 0.4) is 0 Å². The Morgan fingerprint density at radius 2 is 1.97 bits per heavy atom. The standard InChI is InChI=1S/C23H33N7O2/c1-23(2,31)13-26-22-28-20(25-12-15-8-7-11-17(32-3)18(15)24)19-21(29-22)30(14-27-19)16-9-5-4-6-10-16/h7-8,11,14,16,31H,4-6,9-10,12-13,24H2,1-3H3,(H2,25,26,28,29). The first-order valence-corrected chi connectivity index (χ1v) is 11.2. The molecule has 0 bridgehead atoms. The van der Waals surface area contributed by atoms with E-state index >= 15 is 0 Å². The fourth-order valence-corrected chi connectivity index (χ4v) is 4.14. The minimum atomic E-state index is -0.884. The van der Waals surface area contributed by atoms with Crippen LogP contribution in [0.5, 0.6) is 5.75 Å². The molecular weight excluding hydrogens is 406 g/mol. The summed E-state index contributed by atoms with van der Waals surface area (Å²) in [5, 5.41) is 16.7. The van der Waals surface area contributed by atoms with Crippen LogP contribution in [0.15, 0.2) is 24.5 Å². The Bertz CT molecular complexity index is 1070. The SMILES string of the molecule is COc1cccc(CNc2nc(NCC(C)(C)O)nc3c2ncn3C2CCCCC2)c1N. The normalized spacial score (nSPS) is 15.1. The summed E-state index contributed by atoms with van der Waals surface area (Å²) < 4.78 is 7.51. The van der Waals surface area contributed by atoms with Crippen molar-refractivity contribution >= 4 is 28.6 Å². The van der Waals surface area contributed by atoms with Gasteiger partial charge in [-0.1, -0.05) is 31.4 Å². The number of aromatic nitrogens is 4. The van der Waals surface area contributed by atoms with Gasteiger partial charge in [-0.15, -0.1) is 0 Å². The molecule has 0 spiro atoms. The first-order valence-electron chi connectivity index (χ1n) is 11.2. The molecule has 9 heteroatoms. The van der Waals surface area contributed by atoms with E-state index in [9.17, 15) is 5.11 Å². The molecule has 1 aliphatic rings. The van der Waals surface area contributed by atoms with E-state index in [1.165, 1.54) is 19.3 Å². The zero-order valence-electron chi connectivity index (χ0n) is 19.1. The van der Waals surface area contributed by atoms with Gasteiger partial charge < -0.3 is 30.8 Å². The third kappa shape index (κ3) is 4.88. The third-order valence-corrected chi connectivity index (χ3v) is 5.89. The molecule has 32 heavy (non-hydrogen) atoms. The summed E-state index contributed by atoms with van der Waals surface area (Å²) >= 11 is 0. The molecule has 5 N–H and O–H groups in total. The monoisotopic (exact) mass is 439 g/mol. The number of benzene rings is 1. The van der Waals surface area contributed by atoms with Crippen LogP contribution in [0.25, 0.3) is 11.2 Å². The van der Waals surface area contributed by atoms with E-state index in [0.717, 1.165) is 29.6 Å². The number of nitrogen functional groups attached to an aromatic ring is 1. The number of anilines is 3. The molecule has 2 aromatic heterocycles. The number of nitrogens with one attached hydrogen (secondary N) is 2. The first kappa shape index (κ1) is 22.1. The molecule has 1 fully saturated rings. The second-order valence-electron chi connectivity index (χ2n) is 9.06. The third-order valence-electron chi connectivity index (χ3n) is 5.89. The predicted octanol–water partition coefficient (Wildman–Crippen LogP) is 3.72. The summed E-state index contributed by atoms with van der Waals surface area (Å²) in [6, 6.07) is 6.10. The summed E-state index contributed by atoms with van der Waals surface area (Å²) in [6.45, 7) is 4.29. The van der Waals surface area contributed by atoms with Crippen LogP contribution in [-0.4, -0.2) is 43.9 Å². The molecule has 0 aliphatic heterocycles. The minimum Gasteiger partial charge on any atom is -0.495 e. The minimum absolute atomic E-state index is 0.332. The van der Waals surface area contributed by atoms with Crippen molar-refractivity contribution in [1.29, 1.82) is 0 Å². The number of para-hydroxylation sites is 1. The van der Waals surface area contributed by atoms with E-state index in [-0.39, 0.29) is 0 Å². The molecule has 1 aromatic carbocycles. The van der Waals surface area contributed by atoms with E-state index in [4.69, 9.17) is 15.5 Å². The maximum atomic E-state index is 10.1. The van der Waals surface area contributed by atoms with Crippen LogP contribution >= 0.6 is 0 Å². The Labute approximate surface area is 188 Å². The van der Waals surface area contributed by atoms with Gasteiger partial charge in [0.1, 0.15) is 5.75 Å². The van der Waals surface area contributed by atoms with E-state index in [2.05, 4.69) is 25.2 Å². The van der Waals surface area contributed by atoms with Crippen molar-refractivity contribution in [3.05, 3.63) is 30.1 Å². The number of rotatable bonds is 8. The molecule has 0 atom stereocenters. The lowest BCUT2D eigenvalue weighted by atomic mass is 9.95. The summed E-state index contributed by atoms with van der Waals surface area (Å²) in [6.07, 6.45) is 7.86. The number of nitrogens with two attached hydrogens (primary N) is 1. The Hall–Kier alpha value is -3.07. The van der Waals surface area contributed by atoms with Gasteiger partial charge in [-0.3, -0.25) is 0 Å². The van der Waals surface area contributed by atoms with E-state index in [1.807, 2.05) is 24.5 Å². The molecule has 0 saturated heterocycles. The van der Waals surface area contributed by atoms with Crippen molar-refractivity contribution in [3.8, 4) is 5.75 Å². The number of imidazole rings is 1. The van der Waals surface area contributed by atoms with Crippen molar-refractivity contribution in [2.75, 3.05) is 30.0 Å². The Morgan fingerprint density at radius 3 is 2.69 bits per heavy atom. The van der Waals surface area contributed by atoms with E-state index in [1.54, 1.807) is 21.0 Å². The molecule has 1 aliphatic carbocycles. The summed E-state index contributed by atoms with van der Waals surface area (Å²) in [5.41, 5.74) is 8.39. The van der Waals surface area contributed by atoms with Crippen LogP contribution in [0.2, 0.25) is 0 Å². The van der Waals surface area contributed by atoms with Crippen molar-refractivity contribution in [2.24, 2.45) is 0 Å². The van der Waals surface area contributed by atoms with Crippen molar-refractivity contribution in [2.45, 2.75) is 64.1 Å². The van der Waals surface area contributed by atoms with Crippen LogP contribution in [0.1, 0.15) is 57.6 Å². The number of hydrogen-bond donors (Lipinski definition) is 4. The molecule has 9 nitrogen and oxygen atoms in total. The van der Waals surface area contributed by atoms with Gasteiger partial charge in [0.05, 0.1) is 24.7 Å². The molecule has 172 valence electrons. The number of nitrogens with zero attached hydrogens (tertiary/aromatic N) is 4. The highest BCUT2D eigenvalue weighted by atomic mass is 16.5. The van der Waals surface area contributed by atoms with Crippen molar-refractivity contribution < 1.29 is 9.84 Å². The Morgan fingerprint density at radius 1 is 1.19 bits per heavy atom. The van der Waals surface area contributed by atoms with Gasteiger partial charge in [0, 0.05) is 19.1 Å². The van der Waals surface area contributed by atoms with Crippen LogP contribution in [0.4, 0.5) is 17.5 Å². The van der Waals surface area contributed by atoms with Gasteiger partial charge in [0.25, 0.3) is 0 Å². The predicted molar refractivity (Wildman–Crippen MR) is 127 cm³/mol. The Balaban J connectivity index is 1.67. The molecule has 1 saturated carbocycles. The highest BCUT2D eigenvalue weighted by molar-refractivity contribution is 5.84. The first-order chi connectivity index (χ1) is 15.4. The summed E-state index contributed by atoms with van der Waals surface area (Å²) in [4.78, 5) is 14.1. The summed E-state index contributed by atoms with van der Waals surface area (Å²) in [7, 11) is 1.61. The molecule has 2 heterocycles. The number of ether oxygens (including phenoxy) is 1. The fraction of sp³-hybridized carbons (Fsp3) is 0.522. The van der Waals surface area contributed by atoms with E-state index < -0.39 is 5.60 Å². The second kappa shape index (κ2) is 9.20. The molecule has 3 aromatic rings. The molecule has 0 radical (unpaired) electrons. The number of hydrogen-bond acceptors (Lipinski definition) is 8. The fourth-order valence-electron chi connectivity index (χ4n) is 4.14. The number of methoxy groups -OCH3 is 1. The largest absolute Gasteiger partial charge is 0.495 e. The van der Waals surface area contributed by atoms with Crippen LogP contribution < -0.4 is 21.1 Å². The van der Waals surface area contributed by atoms with Gasteiger partial charge in [-0.25, -0.2) is 4.98 Å². The maximum Gasteiger partial charge on any atom is 0.226 e. The number of aliphatic hydroxyl groups is 1. The second-order valence-corrected chi connectivity index (χ2v) is 9.06. The molecule has 0 unspecified atom stereocenters. The smallest absolute Gasteiger partial charge is 0.226 e.